The van der Waals surface area contributed by atoms with Gasteiger partial charge >= 0.3 is 5.97 Å². The molecule has 0 saturated carbocycles. The van der Waals surface area contributed by atoms with E-state index in [1.54, 1.807) is 0 Å². The second-order valence-corrected chi connectivity index (χ2v) is 7.26. The van der Waals surface area contributed by atoms with Crippen LogP contribution in [0.3, 0.4) is 0 Å². The number of benzene rings is 2. The molecule has 4 rings (SSSR count). The quantitative estimate of drug-likeness (QED) is 0.870. The topological polar surface area (TPSA) is 49.8 Å². The van der Waals surface area contributed by atoms with Crippen LogP contribution in [0.1, 0.15) is 30.7 Å². The van der Waals surface area contributed by atoms with Crippen molar-refractivity contribution in [3.63, 3.8) is 0 Å². The first-order valence-electron chi connectivity index (χ1n) is 9.16. The van der Waals surface area contributed by atoms with Gasteiger partial charge in [0.25, 0.3) is 0 Å². The number of aliphatic hydroxyl groups is 1. The fourth-order valence-corrected chi connectivity index (χ4v) is 5.02. The molecule has 0 aliphatic carbocycles. The normalized spacial score (nSPS) is 29.0. The number of esters is 1. The van der Waals surface area contributed by atoms with Crippen LogP contribution in [0.25, 0.3) is 10.8 Å². The van der Waals surface area contributed by atoms with E-state index >= 15 is 0 Å². The summed E-state index contributed by atoms with van der Waals surface area (Å²) in [4.78, 5) is 15.0. The summed E-state index contributed by atoms with van der Waals surface area (Å²) in [5.41, 5.74) is 1.23. The van der Waals surface area contributed by atoms with Crippen molar-refractivity contribution in [1.82, 2.24) is 4.90 Å². The standard InChI is InChI=1S/C21H25NO3/c1-25-21(24)20-18(13-17-8-9-19(20)22(17)10-11-23)16-7-6-14-4-2-3-5-15(14)12-16/h2-7,12,17-20,23H,8-11,13H2,1H3/t17-,18+,19+,20-/m0/s1. The lowest BCUT2D eigenvalue weighted by atomic mass is 9.75. The van der Waals surface area contributed by atoms with E-state index in [4.69, 9.17) is 4.74 Å². The molecule has 0 amide bonds. The molecule has 0 aromatic heterocycles. The van der Waals surface area contributed by atoms with Gasteiger partial charge in [0.05, 0.1) is 19.6 Å². The van der Waals surface area contributed by atoms with Crippen molar-refractivity contribution in [2.45, 2.75) is 37.3 Å². The van der Waals surface area contributed by atoms with Crippen LogP contribution in [0.2, 0.25) is 0 Å². The Labute approximate surface area is 148 Å². The van der Waals surface area contributed by atoms with Gasteiger partial charge in [0, 0.05) is 24.5 Å². The van der Waals surface area contributed by atoms with Gasteiger partial charge in [-0.1, -0.05) is 42.5 Å². The van der Waals surface area contributed by atoms with Crippen LogP contribution in [0.5, 0.6) is 0 Å². The molecule has 1 N–H and O–H groups in total. The zero-order chi connectivity index (χ0) is 17.4. The van der Waals surface area contributed by atoms with E-state index in [-0.39, 0.29) is 30.5 Å². The molecule has 2 saturated heterocycles. The molecule has 0 radical (unpaired) electrons. The van der Waals surface area contributed by atoms with Crippen LogP contribution in [0.4, 0.5) is 0 Å². The van der Waals surface area contributed by atoms with Crippen molar-refractivity contribution in [3.05, 3.63) is 48.0 Å². The predicted molar refractivity (Wildman–Crippen MR) is 97.4 cm³/mol. The number of hydrogen-bond donors (Lipinski definition) is 1. The number of carbonyl (C=O) groups is 1. The molecular weight excluding hydrogens is 314 g/mol. The lowest BCUT2D eigenvalue weighted by Crippen LogP contribution is -2.51. The first kappa shape index (κ1) is 16.6. The lowest BCUT2D eigenvalue weighted by Gasteiger charge is -2.43. The zero-order valence-corrected chi connectivity index (χ0v) is 14.6. The Bertz CT molecular complexity index is 775. The summed E-state index contributed by atoms with van der Waals surface area (Å²) >= 11 is 0. The van der Waals surface area contributed by atoms with E-state index in [2.05, 4.69) is 41.3 Å². The number of piperidine rings is 1. The van der Waals surface area contributed by atoms with Crippen molar-refractivity contribution in [3.8, 4) is 0 Å². The Balaban J connectivity index is 1.72. The number of rotatable bonds is 4. The Kier molecular flexibility index (Phi) is 4.48. The van der Waals surface area contributed by atoms with Gasteiger partial charge in [0.15, 0.2) is 0 Å². The van der Waals surface area contributed by atoms with Crippen molar-refractivity contribution in [1.29, 1.82) is 0 Å². The largest absolute Gasteiger partial charge is 0.469 e. The molecule has 2 bridgehead atoms. The maximum atomic E-state index is 12.6. The molecule has 4 atom stereocenters. The first-order chi connectivity index (χ1) is 12.2. The highest BCUT2D eigenvalue weighted by Gasteiger charge is 2.50. The maximum Gasteiger partial charge on any atom is 0.310 e. The highest BCUT2D eigenvalue weighted by Crippen LogP contribution is 2.47. The summed E-state index contributed by atoms with van der Waals surface area (Å²) in [5, 5.41) is 11.8. The van der Waals surface area contributed by atoms with Crippen molar-refractivity contribution < 1.29 is 14.6 Å². The average Bonchev–Trinajstić information content (AvgIpc) is 2.92. The minimum Gasteiger partial charge on any atom is -0.469 e. The number of hydrogen-bond acceptors (Lipinski definition) is 4. The molecule has 2 aliphatic heterocycles. The summed E-state index contributed by atoms with van der Waals surface area (Å²) in [6.07, 6.45) is 3.06. The highest BCUT2D eigenvalue weighted by molar-refractivity contribution is 5.83. The summed E-state index contributed by atoms with van der Waals surface area (Å²) in [5.74, 6) is -0.0904. The number of methoxy groups -OCH3 is 1. The van der Waals surface area contributed by atoms with Gasteiger partial charge in [-0.15, -0.1) is 0 Å². The lowest BCUT2D eigenvalue weighted by molar-refractivity contribution is -0.150. The third kappa shape index (κ3) is 2.83. The summed E-state index contributed by atoms with van der Waals surface area (Å²) in [6.45, 7) is 0.787. The van der Waals surface area contributed by atoms with Crippen molar-refractivity contribution >= 4 is 16.7 Å². The molecule has 4 nitrogen and oxygen atoms in total. The van der Waals surface area contributed by atoms with E-state index < -0.39 is 0 Å². The Morgan fingerprint density at radius 1 is 1.20 bits per heavy atom. The first-order valence-corrected chi connectivity index (χ1v) is 9.16. The highest BCUT2D eigenvalue weighted by atomic mass is 16.5. The summed E-state index contributed by atoms with van der Waals surface area (Å²) < 4.78 is 5.18. The van der Waals surface area contributed by atoms with Crippen LogP contribution in [0.15, 0.2) is 42.5 Å². The number of ether oxygens (including phenoxy) is 1. The van der Waals surface area contributed by atoms with E-state index in [1.165, 1.54) is 23.4 Å². The van der Waals surface area contributed by atoms with E-state index in [1.807, 2.05) is 6.07 Å². The van der Waals surface area contributed by atoms with Gasteiger partial charge in [-0.3, -0.25) is 9.69 Å². The Hall–Kier alpha value is -1.91. The smallest absolute Gasteiger partial charge is 0.310 e. The number of carbonyl (C=O) groups excluding carboxylic acids is 1. The molecule has 2 aliphatic rings. The van der Waals surface area contributed by atoms with Crippen molar-refractivity contribution in [2.24, 2.45) is 5.92 Å². The summed E-state index contributed by atoms with van der Waals surface area (Å²) in [7, 11) is 1.48. The predicted octanol–water partition coefficient (Wildman–Crippen LogP) is 2.94. The fraction of sp³-hybridized carbons (Fsp3) is 0.476. The number of nitrogens with zero attached hydrogens (tertiary/aromatic N) is 1. The van der Waals surface area contributed by atoms with E-state index in [9.17, 15) is 9.90 Å². The van der Waals surface area contributed by atoms with Gasteiger partial charge in [-0.2, -0.15) is 0 Å². The van der Waals surface area contributed by atoms with E-state index in [0.717, 1.165) is 19.3 Å². The third-order valence-electron chi connectivity index (χ3n) is 6.10. The molecule has 25 heavy (non-hydrogen) atoms. The monoisotopic (exact) mass is 339 g/mol. The second kappa shape index (κ2) is 6.77. The minimum absolute atomic E-state index is 0.119. The van der Waals surface area contributed by atoms with E-state index in [0.29, 0.717) is 12.6 Å². The fourth-order valence-electron chi connectivity index (χ4n) is 5.02. The third-order valence-corrected chi connectivity index (χ3v) is 6.10. The number of aliphatic hydroxyl groups excluding tert-OH is 1. The van der Waals surface area contributed by atoms with Crippen LogP contribution >= 0.6 is 0 Å². The van der Waals surface area contributed by atoms with Gasteiger partial charge < -0.3 is 9.84 Å². The average molecular weight is 339 g/mol. The molecule has 2 heterocycles. The maximum absolute atomic E-state index is 12.6. The van der Waals surface area contributed by atoms with Gasteiger partial charge in [0.1, 0.15) is 0 Å². The van der Waals surface area contributed by atoms with Crippen LogP contribution in [-0.4, -0.2) is 48.3 Å². The van der Waals surface area contributed by atoms with Gasteiger partial charge in [0.2, 0.25) is 0 Å². The minimum atomic E-state index is -0.156. The molecular formula is C21H25NO3. The molecule has 4 heteroatoms. The van der Waals surface area contributed by atoms with Gasteiger partial charge in [-0.25, -0.2) is 0 Å². The molecule has 0 unspecified atom stereocenters. The second-order valence-electron chi connectivity index (χ2n) is 7.26. The van der Waals surface area contributed by atoms with Crippen molar-refractivity contribution in [2.75, 3.05) is 20.3 Å². The van der Waals surface area contributed by atoms with Crippen LogP contribution in [0, 0.1) is 5.92 Å². The zero-order valence-electron chi connectivity index (χ0n) is 14.6. The SMILES string of the molecule is COC(=O)[C@H]1[C@@H](c2ccc3ccccc3c2)C[C@@H]2CC[C@H]1N2CCO. The molecule has 2 aromatic rings. The molecule has 132 valence electrons. The summed E-state index contributed by atoms with van der Waals surface area (Å²) in [6, 6.07) is 15.5. The van der Waals surface area contributed by atoms with Crippen LogP contribution in [-0.2, 0) is 9.53 Å². The Morgan fingerprint density at radius 2 is 2.00 bits per heavy atom. The molecule has 2 fully saturated rings. The van der Waals surface area contributed by atoms with Gasteiger partial charge in [-0.05, 0) is 35.6 Å². The van der Waals surface area contributed by atoms with Crippen LogP contribution < -0.4 is 0 Å². The molecule has 2 aromatic carbocycles. The number of fused-ring (bicyclic) bond motifs is 3. The Morgan fingerprint density at radius 3 is 2.76 bits per heavy atom. The molecule has 0 spiro atoms.